The summed E-state index contributed by atoms with van der Waals surface area (Å²) in [5.41, 5.74) is 4.87. The zero-order valence-electron chi connectivity index (χ0n) is 14.3. The van der Waals surface area contributed by atoms with Crippen molar-refractivity contribution >= 4 is 5.78 Å². The van der Waals surface area contributed by atoms with Crippen molar-refractivity contribution < 1.29 is 4.79 Å². The Morgan fingerprint density at radius 3 is 1.39 bits per heavy atom. The summed E-state index contributed by atoms with van der Waals surface area (Å²) in [5, 5.41) is 3.73. The Hall–Kier alpha value is -1.93. The van der Waals surface area contributed by atoms with Crippen LogP contribution in [0.2, 0.25) is 0 Å². The number of piperidine rings is 1. The molecule has 4 atom stereocenters. The molecule has 1 aliphatic rings. The Kier molecular flexibility index (Phi) is 4.36. The van der Waals surface area contributed by atoms with Crippen molar-refractivity contribution in [2.75, 3.05) is 0 Å². The fourth-order valence-corrected chi connectivity index (χ4v) is 3.54. The third-order valence-corrected chi connectivity index (χ3v) is 5.13. The molecule has 0 aliphatic carbocycles. The molecule has 1 N–H and O–H groups in total. The first-order valence-corrected chi connectivity index (χ1v) is 8.40. The zero-order valence-corrected chi connectivity index (χ0v) is 14.3. The fourth-order valence-electron chi connectivity index (χ4n) is 3.54. The summed E-state index contributed by atoms with van der Waals surface area (Å²) >= 11 is 0. The van der Waals surface area contributed by atoms with Crippen molar-refractivity contribution in [1.29, 1.82) is 0 Å². The largest absolute Gasteiger partial charge is 0.302 e. The van der Waals surface area contributed by atoms with Crippen LogP contribution in [-0.2, 0) is 4.79 Å². The van der Waals surface area contributed by atoms with Crippen molar-refractivity contribution in [3.63, 3.8) is 0 Å². The highest BCUT2D eigenvalue weighted by Gasteiger charge is 2.39. The van der Waals surface area contributed by atoms with Crippen LogP contribution in [0.15, 0.2) is 48.5 Å². The van der Waals surface area contributed by atoms with Crippen LogP contribution in [0.1, 0.15) is 48.2 Å². The lowest BCUT2D eigenvalue weighted by molar-refractivity contribution is -0.130. The Labute approximate surface area is 138 Å². The Bertz CT molecular complexity index is 627. The lowest BCUT2D eigenvalue weighted by atomic mass is 9.76. The molecule has 1 heterocycles. The molecule has 2 aromatic rings. The highest BCUT2D eigenvalue weighted by atomic mass is 16.1. The van der Waals surface area contributed by atoms with Gasteiger partial charge in [-0.25, -0.2) is 0 Å². The van der Waals surface area contributed by atoms with Crippen molar-refractivity contribution in [2.24, 2.45) is 11.8 Å². The van der Waals surface area contributed by atoms with Crippen LogP contribution in [0.3, 0.4) is 0 Å². The number of ketones is 1. The van der Waals surface area contributed by atoms with Crippen LogP contribution in [0.5, 0.6) is 0 Å². The minimum atomic E-state index is -0.00518. The maximum absolute atomic E-state index is 12.8. The van der Waals surface area contributed by atoms with Crippen LogP contribution in [0, 0.1) is 25.7 Å². The van der Waals surface area contributed by atoms with E-state index in [0.29, 0.717) is 5.78 Å². The van der Waals surface area contributed by atoms with E-state index in [4.69, 9.17) is 0 Å². The molecule has 2 aromatic carbocycles. The highest BCUT2D eigenvalue weighted by Crippen LogP contribution is 2.38. The van der Waals surface area contributed by atoms with Crippen molar-refractivity contribution in [1.82, 2.24) is 5.32 Å². The second-order valence-electron chi connectivity index (χ2n) is 6.92. The quantitative estimate of drug-likeness (QED) is 0.883. The molecule has 2 heteroatoms. The average molecular weight is 307 g/mol. The second kappa shape index (κ2) is 6.29. The second-order valence-corrected chi connectivity index (χ2v) is 6.92. The molecule has 0 aromatic heterocycles. The average Bonchev–Trinajstić information content (AvgIpc) is 2.55. The van der Waals surface area contributed by atoms with Gasteiger partial charge in [0.2, 0.25) is 0 Å². The van der Waals surface area contributed by atoms with Crippen LogP contribution in [0.4, 0.5) is 0 Å². The van der Waals surface area contributed by atoms with Gasteiger partial charge in [0.25, 0.3) is 0 Å². The normalized spacial score (nSPS) is 27.9. The first-order valence-electron chi connectivity index (χ1n) is 8.40. The standard InChI is InChI=1S/C21H25NO/c1-13-5-9-17(10-6-13)19-15(3)21(23)16(4)20(22-19)18-11-7-14(2)8-12-18/h5-12,15-16,19-20,22H,1-4H3/t15-,16-,19-,20+/m0/s1. The van der Waals surface area contributed by atoms with E-state index in [1.165, 1.54) is 22.3 Å². The van der Waals surface area contributed by atoms with Gasteiger partial charge in [-0.15, -0.1) is 0 Å². The lowest BCUT2D eigenvalue weighted by Gasteiger charge is -2.39. The van der Waals surface area contributed by atoms with Crippen molar-refractivity contribution in [2.45, 2.75) is 39.8 Å². The summed E-state index contributed by atoms with van der Waals surface area (Å²) < 4.78 is 0. The van der Waals surface area contributed by atoms with E-state index >= 15 is 0 Å². The van der Waals surface area contributed by atoms with E-state index in [-0.39, 0.29) is 23.9 Å². The van der Waals surface area contributed by atoms with Gasteiger partial charge in [-0.3, -0.25) is 4.79 Å². The van der Waals surface area contributed by atoms with Gasteiger partial charge in [0.1, 0.15) is 5.78 Å². The predicted molar refractivity (Wildman–Crippen MR) is 94.3 cm³/mol. The SMILES string of the molecule is Cc1ccc([C@H]2N[C@@H](c3ccc(C)cc3)[C@H](C)C(=O)[C@H]2C)cc1. The van der Waals surface area contributed by atoms with Gasteiger partial charge < -0.3 is 5.32 Å². The number of benzene rings is 2. The van der Waals surface area contributed by atoms with Crippen molar-refractivity contribution in [3.05, 3.63) is 70.8 Å². The van der Waals surface area contributed by atoms with E-state index in [0.717, 1.165) is 0 Å². The summed E-state index contributed by atoms with van der Waals surface area (Å²) in [5.74, 6) is 0.337. The maximum atomic E-state index is 12.8. The Morgan fingerprint density at radius 2 is 1.04 bits per heavy atom. The van der Waals surface area contributed by atoms with Crippen LogP contribution < -0.4 is 5.32 Å². The molecule has 1 aliphatic heterocycles. The molecule has 120 valence electrons. The number of aryl methyl sites for hydroxylation is 2. The minimum Gasteiger partial charge on any atom is -0.302 e. The molecule has 1 fully saturated rings. The Balaban J connectivity index is 1.94. The van der Waals surface area contributed by atoms with Crippen LogP contribution in [0.25, 0.3) is 0 Å². The van der Waals surface area contributed by atoms with Crippen molar-refractivity contribution in [3.8, 4) is 0 Å². The van der Waals surface area contributed by atoms with Crippen LogP contribution in [-0.4, -0.2) is 5.78 Å². The first-order chi connectivity index (χ1) is 11.0. The van der Waals surface area contributed by atoms with Gasteiger partial charge in [-0.2, -0.15) is 0 Å². The molecule has 23 heavy (non-hydrogen) atoms. The number of rotatable bonds is 2. The zero-order chi connectivity index (χ0) is 16.6. The summed E-state index contributed by atoms with van der Waals surface area (Å²) in [6, 6.07) is 17.2. The number of hydrogen-bond donors (Lipinski definition) is 1. The van der Waals surface area contributed by atoms with Gasteiger partial charge >= 0.3 is 0 Å². The van der Waals surface area contributed by atoms with E-state index in [1.54, 1.807) is 0 Å². The number of Topliss-reactive ketones (excluding diaryl/α,β-unsaturated/α-hetero) is 1. The molecule has 0 bridgehead atoms. The first kappa shape index (κ1) is 15.9. The molecule has 0 unspecified atom stereocenters. The summed E-state index contributed by atoms with van der Waals surface area (Å²) in [6.07, 6.45) is 0. The van der Waals surface area contributed by atoms with Gasteiger partial charge in [-0.1, -0.05) is 73.5 Å². The lowest BCUT2D eigenvalue weighted by Crippen LogP contribution is -2.46. The molecular formula is C21H25NO. The summed E-state index contributed by atoms with van der Waals surface area (Å²) in [7, 11) is 0. The fraction of sp³-hybridized carbons (Fsp3) is 0.381. The molecule has 0 spiro atoms. The third kappa shape index (κ3) is 3.09. The Morgan fingerprint density at radius 1 is 0.696 bits per heavy atom. The molecule has 3 rings (SSSR count). The van der Waals surface area contributed by atoms with Crippen LogP contribution >= 0.6 is 0 Å². The van der Waals surface area contributed by atoms with Gasteiger partial charge in [0.15, 0.2) is 0 Å². The number of nitrogens with one attached hydrogen (secondary N) is 1. The predicted octanol–water partition coefficient (Wildman–Crippen LogP) is 4.53. The topological polar surface area (TPSA) is 29.1 Å². The van der Waals surface area contributed by atoms with Gasteiger partial charge in [0.05, 0.1) is 0 Å². The summed E-state index contributed by atoms with van der Waals surface area (Å²) in [4.78, 5) is 12.8. The smallest absolute Gasteiger partial charge is 0.142 e. The number of carbonyl (C=O) groups is 1. The minimum absolute atomic E-state index is 0.00518. The highest BCUT2D eigenvalue weighted by molar-refractivity contribution is 5.85. The molecule has 2 nitrogen and oxygen atoms in total. The van der Waals surface area contributed by atoms with E-state index < -0.39 is 0 Å². The van der Waals surface area contributed by atoms with Gasteiger partial charge in [0, 0.05) is 23.9 Å². The summed E-state index contributed by atoms with van der Waals surface area (Å²) in [6.45, 7) is 8.26. The van der Waals surface area contributed by atoms with E-state index in [1.807, 2.05) is 13.8 Å². The maximum Gasteiger partial charge on any atom is 0.142 e. The molecular weight excluding hydrogens is 282 g/mol. The molecule has 1 saturated heterocycles. The van der Waals surface area contributed by atoms with E-state index in [2.05, 4.69) is 67.7 Å². The molecule has 0 amide bonds. The van der Waals surface area contributed by atoms with Gasteiger partial charge in [-0.05, 0) is 25.0 Å². The molecule has 0 radical (unpaired) electrons. The number of carbonyl (C=O) groups excluding carboxylic acids is 1. The van der Waals surface area contributed by atoms with E-state index in [9.17, 15) is 4.79 Å². The molecule has 0 saturated carbocycles. The number of hydrogen-bond acceptors (Lipinski definition) is 2. The monoisotopic (exact) mass is 307 g/mol. The third-order valence-electron chi connectivity index (χ3n) is 5.13.